The van der Waals surface area contributed by atoms with Gasteiger partial charge in [0.15, 0.2) is 0 Å². The molecule has 1 atom stereocenters. The number of imide groups is 1. The van der Waals surface area contributed by atoms with E-state index in [2.05, 4.69) is 5.32 Å². The minimum absolute atomic E-state index is 0. The Bertz CT molecular complexity index is 435. The van der Waals surface area contributed by atoms with Gasteiger partial charge in [-0.2, -0.15) is 0 Å². The molecular weight excluding hydrogens is 306 g/mol. The second-order valence-corrected chi connectivity index (χ2v) is 3.94. The summed E-state index contributed by atoms with van der Waals surface area (Å²) in [6, 6.07) is -0.754. The van der Waals surface area contributed by atoms with Gasteiger partial charge >= 0.3 is 12.1 Å². The highest BCUT2D eigenvalue weighted by Crippen LogP contribution is 2.09. The zero-order chi connectivity index (χ0) is 15.1. The third-order valence-corrected chi connectivity index (χ3v) is 2.50. The fourth-order valence-corrected chi connectivity index (χ4v) is 1.51. The fraction of sp³-hybridized carbons (Fsp3) is 0.455. The van der Waals surface area contributed by atoms with Crippen molar-refractivity contribution in [3.05, 3.63) is 12.2 Å². The molecule has 1 aliphatic heterocycles. The minimum atomic E-state index is -1.05. The fourth-order valence-electron chi connectivity index (χ4n) is 1.51. The van der Waals surface area contributed by atoms with Crippen LogP contribution in [0.5, 0.6) is 0 Å². The van der Waals surface area contributed by atoms with Crippen LogP contribution in [0.1, 0.15) is 6.42 Å². The molecule has 21 heavy (non-hydrogen) atoms. The van der Waals surface area contributed by atoms with Gasteiger partial charge in [0, 0.05) is 25.2 Å². The molecule has 0 saturated carbocycles. The maximum atomic E-state index is 11.4. The van der Waals surface area contributed by atoms with Crippen molar-refractivity contribution in [2.24, 2.45) is 5.73 Å². The lowest BCUT2D eigenvalue weighted by atomic mass is 10.2. The second kappa shape index (κ2) is 8.93. The Balaban J connectivity index is 0.00000400. The number of hydrogen-bond acceptors (Lipinski definition) is 6. The van der Waals surface area contributed by atoms with Gasteiger partial charge in [-0.15, -0.1) is 12.4 Å². The summed E-state index contributed by atoms with van der Waals surface area (Å²) in [5, 5.41) is 10.6. The van der Waals surface area contributed by atoms with Crippen LogP contribution in [0.4, 0.5) is 4.79 Å². The summed E-state index contributed by atoms with van der Waals surface area (Å²) in [5.74, 6) is -2.08. The third kappa shape index (κ3) is 5.79. The summed E-state index contributed by atoms with van der Waals surface area (Å²) in [6.45, 7) is -0.388. The summed E-state index contributed by atoms with van der Waals surface area (Å²) in [4.78, 5) is 45.2. The molecule has 0 spiro atoms. The van der Waals surface area contributed by atoms with E-state index in [-0.39, 0.29) is 38.5 Å². The highest BCUT2D eigenvalue weighted by molar-refractivity contribution is 6.13. The summed E-state index contributed by atoms with van der Waals surface area (Å²) in [6.07, 6.45) is 1.15. The van der Waals surface area contributed by atoms with Gasteiger partial charge in [0.25, 0.3) is 11.8 Å². The first-order valence-electron chi connectivity index (χ1n) is 5.83. The van der Waals surface area contributed by atoms with E-state index in [0.717, 1.165) is 17.1 Å². The molecule has 0 saturated heterocycles. The SMILES string of the molecule is Cl.NC[C@@H](COC(=O)NCCC(=O)O)N1C(=O)C=CC1=O. The number of rotatable bonds is 7. The molecule has 0 aromatic carbocycles. The number of aliphatic carboxylic acids is 1. The molecule has 0 aromatic rings. The van der Waals surface area contributed by atoms with Crippen molar-refractivity contribution in [1.29, 1.82) is 0 Å². The van der Waals surface area contributed by atoms with Crippen molar-refractivity contribution >= 4 is 36.3 Å². The number of hydrogen-bond donors (Lipinski definition) is 3. The molecule has 10 heteroatoms. The van der Waals surface area contributed by atoms with Crippen molar-refractivity contribution in [2.45, 2.75) is 12.5 Å². The number of carboxylic acid groups (broad SMARTS) is 1. The average Bonchev–Trinajstić information content (AvgIpc) is 2.71. The zero-order valence-corrected chi connectivity index (χ0v) is 11.8. The molecule has 3 amide bonds. The first-order valence-corrected chi connectivity index (χ1v) is 5.83. The number of amides is 3. The lowest BCUT2D eigenvalue weighted by Gasteiger charge is -2.24. The van der Waals surface area contributed by atoms with E-state index in [1.807, 2.05) is 0 Å². The Morgan fingerprint density at radius 3 is 2.38 bits per heavy atom. The first kappa shape index (κ1) is 18.9. The van der Waals surface area contributed by atoms with Crippen LogP contribution in [-0.2, 0) is 19.1 Å². The summed E-state index contributed by atoms with van der Waals surface area (Å²) in [5.41, 5.74) is 5.44. The highest BCUT2D eigenvalue weighted by atomic mass is 35.5. The molecule has 1 rings (SSSR count). The van der Waals surface area contributed by atoms with Gasteiger partial charge in [-0.3, -0.25) is 19.3 Å². The highest BCUT2D eigenvalue weighted by Gasteiger charge is 2.31. The van der Waals surface area contributed by atoms with Crippen molar-refractivity contribution in [3.8, 4) is 0 Å². The Kier molecular flexibility index (Phi) is 8.02. The number of alkyl carbamates (subject to hydrolysis) is 1. The molecule has 0 fully saturated rings. The maximum absolute atomic E-state index is 11.4. The van der Waals surface area contributed by atoms with Gasteiger partial charge in [0.2, 0.25) is 0 Å². The second-order valence-electron chi connectivity index (χ2n) is 3.94. The Morgan fingerprint density at radius 1 is 1.33 bits per heavy atom. The van der Waals surface area contributed by atoms with Gasteiger partial charge < -0.3 is 20.9 Å². The van der Waals surface area contributed by atoms with Crippen LogP contribution in [0.25, 0.3) is 0 Å². The van der Waals surface area contributed by atoms with Crippen molar-refractivity contribution < 1.29 is 29.0 Å². The Hall–Kier alpha value is -2.13. The Labute approximate surface area is 126 Å². The molecule has 0 aromatic heterocycles. The predicted octanol–water partition coefficient (Wildman–Crippen LogP) is -1.14. The monoisotopic (exact) mass is 321 g/mol. The maximum Gasteiger partial charge on any atom is 0.407 e. The van der Waals surface area contributed by atoms with E-state index in [1.54, 1.807) is 0 Å². The van der Waals surface area contributed by atoms with E-state index in [0.29, 0.717) is 0 Å². The van der Waals surface area contributed by atoms with E-state index in [4.69, 9.17) is 15.6 Å². The lowest BCUT2D eigenvalue weighted by molar-refractivity contribution is -0.140. The first-order chi connectivity index (χ1) is 9.45. The minimum Gasteiger partial charge on any atom is -0.481 e. The zero-order valence-electron chi connectivity index (χ0n) is 11.0. The van der Waals surface area contributed by atoms with Crippen LogP contribution in [-0.4, -0.2) is 59.6 Å². The number of ether oxygens (including phenoxy) is 1. The molecule has 1 aliphatic rings. The standard InChI is InChI=1S/C11H15N3O6.ClH/c12-5-7(14-8(15)1-2-9(14)16)6-20-11(19)13-4-3-10(17)18;/h1-2,7H,3-6,12H2,(H,13,19)(H,17,18);1H/t7-;/m0./s1. The van der Waals surface area contributed by atoms with E-state index in [1.165, 1.54) is 0 Å². The van der Waals surface area contributed by atoms with Crippen LogP contribution in [0.2, 0.25) is 0 Å². The average molecular weight is 322 g/mol. The molecule has 4 N–H and O–H groups in total. The molecule has 0 radical (unpaired) electrons. The third-order valence-electron chi connectivity index (χ3n) is 2.50. The number of carboxylic acids is 1. The number of halogens is 1. The predicted molar refractivity (Wildman–Crippen MR) is 72.7 cm³/mol. The summed E-state index contributed by atoms with van der Waals surface area (Å²) in [7, 11) is 0. The quantitative estimate of drug-likeness (QED) is 0.504. The molecule has 0 unspecified atom stereocenters. The van der Waals surface area contributed by atoms with Gasteiger partial charge in [-0.25, -0.2) is 4.79 Å². The topological polar surface area (TPSA) is 139 Å². The lowest BCUT2D eigenvalue weighted by Crippen LogP contribution is -2.48. The Morgan fingerprint density at radius 2 is 1.90 bits per heavy atom. The smallest absolute Gasteiger partial charge is 0.407 e. The summed E-state index contributed by atoms with van der Waals surface area (Å²) < 4.78 is 4.79. The van der Waals surface area contributed by atoms with E-state index >= 15 is 0 Å². The molecule has 1 heterocycles. The van der Waals surface area contributed by atoms with Gasteiger partial charge in [-0.05, 0) is 0 Å². The molecular formula is C11H16ClN3O6. The molecule has 0 aliphatic carbocycles. The van der Waals surface area contributed by atoms with E-state index in [9.17, 15) is 19.2 Å². The van der Waals surface area contributed by atoms with Crippen LogP contribution in [0.3, 0.4) is 0 Å². The van der Waals surface area contributed by atoms with Crippen LogP contribution < -0.4 is 11.1 Å². The van der Waals surface area contributed by atoms with Crippen molar-refractivity contribution in [1.82, 2.24) is 10.2 Å². The number of nitrogens with zero attached hydrogens (tertiary/aromatic N) is 1. The number of carbonyl (C=O) groups is 4. The number of nitrogens with one attached hydrogen (secondary N) is 1. The molecule has 0 bridgehead atoms. The normalized spacial score (nSPS) is 14.6. The molecule has 118 valence electrons. The van der Waals surface area contributed by atoms with Gasteiger partial charge in [-0.1, -0.05) is 0 Å². The van der Waals surface area contributed by atoms with Crippen LogP contribution in [0, 0.1) is 0 Å². The molecule has 9 nitrogen and oxygen atoms in total. The van der Waals surface area contributed by atoms with Crippen molar-refractivity contribution in [2.75, 3.05) is 19.7 Å². The number of nitrogens with two attached hydrogens (primary N) is 1. The van der Waals surface area contributed by atoms with Crippen LogP contribution in [0.15, 0.2) is 12.2 Å². The van der Waals surface area contributed by atoms with Gasteiger partial charge in [0.05, 0.1) is 12.5 Å². The van der Waals surface area contributed by atoms with Crippen LogP contribution >= 0.6 is 12.4 Å². The van der Waals surface area contributed by atoms with Gasteiger partial charge in [0.1, 0.15) is 6.61 Å². The van der Waals surface area contributed by atoms with Crippen molar-refractivity contribution in [3.63, 3.8) is 0 Å². The van der Waals surface area contributed by atoms with E-state index < -0.39 is 29.9 Å². The largest absolute Gasteiger partial charge is 0.481 e. The number of carbonyl (C=O) groups excluding carboxylic acids is 3. The summed E-state index contributed by atoms with van der Waals surface area (Å²) >= 11 is 0.